The van der Waals surface area contributed by atoms with Gasteiger partial charge in [0, 0.05) is 0 Å². The zero-order valence-electron chi connectivity index (χ0n) is 22.7. The number of benzene rings is 2. The van der Waals surface area contributed by atoms with E-state index in [0.717, 1.165) is 18.8 Å². The van der Waals surface area contributed by atoms with Crippen molar-refractivity contribution in [3.05, 3.63) is 114 Å². The molecule has 0 radical (unpaired) electrons. The molecular weight excluding hydrogens is 466 g/mol. The van der Waals surface area contributed by atoms with Gasteiger partial charge in [0.15, 0.2) is 0 Å². The molecule has 2 aromatic carbocycles. The van der Waals surface area contributed by atoms with E-state index in [-0.39, 0.29) is 0 Å². The van der Waals surface area contributed by atoms with Crippen LogP contribution in [0.1, 0.15) is 54.5 Å². The van der Waals surface area contributed by atoms with Crippen LogP contribution in [0.3, 0.4) is 0 Å². The van der Waals surface area contributed by atoms with Crippen molar-refractivity contribution < 1.29 is 4.74 Å². The van der Waals surface area contributed by atoms with E-state index in [1.54, 1.807) is 0 Å². The minimum absolute atomic E-state index is 0.505. The molecular formula is C34H41N3O. The van der Waals surface area contributed by atoms with Crippen LogP contribution in [0.15, 0.2) is 91.7 Å². The van der Waals surface area contributed by atoms with Crippen molar-refractivity contribution in [3.63, 3.8) is 0 Å². The highest BCUT2D eigenvalue weighted by Crippen LogP contribution is 2.40. The first kappa shape index (κ1) is 26.4. The van der Waals surface area contributed by atoms with Crippen LogP contribution in [0.25, 0.3) is 6.08 Å². The van der Waals surface area contributed by atoms with Gasteiger partial charge in [0.05, 0.1) is 26.0 Å². The third-order valence-electron chi connectivity index (χ3n) is 8.26. The summed E-state index contributed by atoms with van der Waals surface area (Å²) in [6.45, 7) is 8.09. The lowest BCUT2D eigenvalue weighted by Gasteiger charge is -2.16. The first-order valence-electron chi connectivity index (χ1n) is 14.2. The smallest absolute Gasteiger partial charge is 0.108 e. The molecule has 2 aliphatic rings. The van der Waals surface area contributed by atoms with E-state index in [2.05, 4.69) is 109 Å². The Hall–Kier alpha value is -3.24. The lowest BCUT2D eigenvalue weighted by atomic mass is 9.95. The Bertz CT molecular complexity index is 1210. The molecule has 1 heterocycles. The van der Waals surface area contributed by atoms with Crippen LogP contribution < -0.4 is 0 Å². The van der Waals surface area contributed by atoms with Gasteiger partial charge in [-0.05, 0) is 79.7 Å². The summed E-state index contributed by atoms with van der Waals surface area (Å²) in [6, 6.07) is 19.2. The zero-order chi connectivity index (χ0) is 26.2. The van der Waals surface area contributed by atoms with E-state index in [9.17, 15) is 0 Å². The van der Waals surface area contributed by atoms with E-state index < -0.39 is 0 Å². The fourth-order valence-electron chi connectivity index (χ4n) is 6.02. The molecule has 2 aliphatic carbocycles. The second-order valence-corrected chi connectivity index (χ2v) is 11.3. The molecule has 4 heteroatoms. The van der Waals surface area contributed by atoms with Crippen LogP contribution in [-0.4, -0.2) is 21.6 Å². The van der Waals surface area contributed by atoms with Crippen molar-refractivity contribution in [1.29, 1.82) is 0 Å². The predicted octanol–water partition coefficient (Wildman–Crippen LogP) is 7.67. The van der Waals surface area contributed by atoms with Crippen LogP contribution in [0.2, 0.25) is 0 Å². The lowest BCUT2D eigenvalue weighted by molar-refractivity contribution is 0.0778. The summed E-state index contributed by atoms with van der Waals surface area (Å²) >= 11 is 0. The average molecular weight is 508 g/mol. The van der Waals surface area contributed by atoms with Gasteiger partial charge >= 0.3 is 0 Å². The number of allylic oxidation sites excluding steroid dienone is 4. The number of ether oxygens (including phenoxy) is 1. The topological polar surface area (TPSA) is 39.9 Å². The SMILES string of the molecule is C=C[C@H]1CCC(/C=C/C2CC(/C=C/c3ccccc3)C(COCc3cn(Cc4ccc(C)cc4)nn3)C2)C1. The van der Waals surface area contributed by atoms with E-state index in [0.29, 0.717) is 36.2 Å². The predicted molar refractivity (Wildman–Crippen MR) is 155 cm³/mol. The summed E-state index contributed by atoms with van der Waals surface area (Å²) in [5.41, 5.74) is 4.64. The van der Waals surface area contributed by atoms with Crippen LogP contribution in [-0.2, 0) is 17.9 Å². The Morgan fingerprint density at radius 1 is 0.921 bits per heavy atom. The Balaban J connectivity index is 1.16. The molecule has 2 fully saturated rings. The molecule has 2 saturated carbocycles. The van der Waals surface area contributed by atoms with Gasteiger partial charge in [0.25, 0.3) is 0 Å². The zero-order valence-corrected chi connectivity index (χ0v) is 22.7. The molecule has 0 amide bonds. The van der Waals surface area contributed by atoms with Crippen molar-refractivity contribution in [3.8, 4) is 0 Å². The highest BCUT2D eigenvalue weighted by Gasteiger charge is 2.32. The minimum atomic E-state index is 0.505. The van der Waals surface area contributed by atoms with Gasteiger partial charge in [0.2, 0.25) is 0 Å². The first-order valence-corrected chi connectivity index (χ1v) is 14.2. The standard InChI is InChI=1S/C34H41N3O/c1-3-27-13-14-29(19-27)15-16-31-20-32(18-17-28-7-5-4-6-8-28)33(21-31)24-38-25-34-23-37(36-35-34)22-30-11-9-26(2)10-12-30/h3-12,15-18,23,27,29,31-33H,1,13-14,19-22,24-25H2,2H3/b16-15+,18-17+/t27-,29?,31?,32?,33?/m0/s1. The van der Waals surface area contributed by atoms with Crippen molar-refractivity contribution in [2.45, 2.75) is 52.2 Å². The van der Waals surface area contributed by atoms with Crippen LogP contribution in [0.5, 0.6) is 0 Å². The van der Waals surface area contributed by atoms with Crippen LogP contribution in [0, 0.1) is 36.5 Å². The molecule has 3 aromatic rings. The Kier molecular flexibility index (Phi) is 9.03. The van der Waals surface area contributed by atoms with E-state index in [1.807, 2.05) is 10.9 Å². The molecule has 0 N–H and O–H groups in total. The molecule has 0 saturated heterocycles. The van der Waals surface area contributed by atoms with Crippen molar-refractivity contribution in [1.82, 2.24) is 15.0 Å². The van der Waals surface area contributed by atoms with E-state index in [4.69, 9.17) is 4.74 Å². The van der Waals surface area contributed by atoms with Crippen molar-refractivity contribution in [2.75, 3.05) is 6.61 Å². The molecule has 5 atom stereocenters. The van der Waals surface area contributed by atoms with Crippen molar-refractivity contribution in [2.24, 2.45) is 29.6 Å². The molecule has 0 spiro atoms. The van der Waals surface area contributed by atoms with Crippen molar-refractivity contribution >= 4 is 6.08 Å². The van der Waals surface area contributed by atoms with Gasteiger partial charge < -0.3 is 4.74 Å². The van der Waals surface area contributed by atoms with E-state index >= 15 is 0 Å². The number of hydrogen-bond acceptors (Lipinski definition) is 3. The number of aromatic nitrogens is 3. The van der Waals surface area contributed by atoms with Gasteiger partial charge in [-0.25, -0.2) is 4.68 Å². The maximum Gasteiger partial charge on any atom is 0.108 e. The second-order valence-electron chi connectivity index (χ2n) is 11.3. The third-order valence-corrected chi connectivity index (χ3v) is 8.26. The van der Waals surface area contributed by atoms with Gasteiger partial charge in [-0.2, -0.15) is 0 Å². The van der Waals surface area contributed by atoms with Gasteiger partial charge in [-0.15, -0.1) is 11.7 Å². The first-order chi connectivity index (χ1) is 18.6. The Labute approximate surface area is 228 Å². The molecule has 4 nitrogen and oxygen atoms in total. The average Bonchev–Trinajstić information content (AvgIpc) is 3.68. The number of nitrogens with zero attached hydrogens (tertiary/aromatic N) is 3. The van der Waals surface area contributed by atoms with Gasteiger partial charge in [-0.3, -0.25) is 0 Å². The fourth-order valence-corrected chi connectivity index (χ4v) is 6.02. The monoisotopic (exact) mass is 507 g/mol. The summed E-state index contributed by atoms with van der Waals surface area (Å²) in [4.78, 5) is 0. The summed E-state index contributed by atoms with van der Waals surface area (Å²) in [7, 11) is 0. The number of rotatable bonds is 11. The summed E-state index contributed by atoms with van der Waals surface area (Å²) in [6.07, 6.45) is 20.1. The second kappa shape index (κ2) is 13.0. The highest BCUT2D eigenvalue weighted by atomic mass is 16.5. The molecule has 0 bridgehead atoms. The minimum Gasteiger partial charge on any atom is -0.375 e. The number of hydrogen-bond donors (Lipinski definition) is 0. The Morgan fingerprint density at radius 3 is 2.50 bits per heavy atom. The molecule has 5 rings (SSSR count). The lowest BCUT2D eigenvalue weighted by Crippen LogP contribution is -2.13. The molecule has 198 valence electrons. The molecule has 4 unspecified atom stereocenters. The third kappa shape index (κ3) is 7.41. The molecule has 0 aliphatic heterocycles. The van der Waals surface area contributed by atoms with Gasteiger partial charge in [-0.1, -0.05) is 95.8 Å². The summed E-state index contributed by atoms with van der Waals surface area (Å²) in [5, 5.41) is 8.65. The van der Waals surface area contributed by atoms with Gasteiger partial charge in [0.1, 0.15) is 5.69 Å². The molecule has 1 aromatic heterocycles. The Morgan fingerprint density at radius 2 is 1.71 bits per heavy atom. The maximum absolute atomic E-state index is 6.24. The molecule has 38 heavy (non-hydrogen) atoms. The van der Waals surface area contributed by atoms with E-state index in [1.165, 1.54) is 48.8 Å². The summed E-state index contributed by atoms with van der Waals surface area (Å²) < 4.78 is 8.13. The fraction of sp³-hybridized carbons (Fsp3) is 0.412. The largest absolute Gasteiger partial charge is 0.375 e. The number of aryl methyl sites for hydroxylation is 1. The van der Waals surface area contributed by atoms with Crippen LogP contribution in [0.4, 0.5) is 0 Å². The highest BCUT2D eigenvalue weighted by molar-refractivity contribution is 5.49. The quantitative estimate of drug-likeness (QED) is 0.250. The summed E-state index contributed by atoms with van der Waals surface area (Å²) in [5.74, 6) is 3.07. The maximum atomic E-state index is 6.24. The normalized spacial score (nSPS) is 25.6. The van der Waals surface area contributed by atoms with Crippen LogP contribution >= 0.6 is 0 Å².